The highest BCUT2D eigenvalue weighted by molar-refractivity contribution is 7.80. The molecule has 158 valence electrons. The van der Waals surface area contributed by atoms with Gasteiger partial charge in [-0.15, -0.1) is 0 Å². The third-order valence-electron chi connectivity index (χ3n) is 4.45. The van der Waals surface area contributed by atoms with Gasteiger partial charge in [-0.2, -0.15) is 10.2 Å². The van der Waals surface area contributed by atoms with Crippen LogP contribution in [0.5, 0.6) is 0 Å². The molecule has 10 heteroatoms. The first-order valence-corrected chi connectivity index (χ1v) is 10.8. The van der Waals surface area contributed by atoms with Gasteiger partial charge < -0.3 is 10.6 Å². The first kappa shape index (κ1) is 21.6. The zero-order chi connectivity index (χ0) is 21.8. The molecule has 0 aliphatic carbocycles. The molecule has 0 aliphatic rings. The predicted molar refractivity (Wildman–Crippen MR) is 130 cm³/mol. The van der Waals surface area contributed by atoms with E-state index in [1.807, 2.05) is 48.8 Å². The third-order valence-corrected chi connectivity index (χ3v) is 5.73. The minimum atomic E-state index is 0.401. The van der Waals surface area contributed by atoms with Gasteiger partial charge in [-0.05, 0) is 36.0 Å². The van der Waals surface area contributed by atoms with Gasteiger partial charge in [0.05, 0.1) is 25.0 Å². The van der Waals surface area contributed by atoms with E-state index in [0.717, 1.165) is 16.8 Å². The second-order valence-corrected chi connectivity index (χ2v) is 8.33. The smallest absolute Gasteiger partial charge is 0.176 e. The van der Waals surface area contributed by atoms with Crippen LogP contribution in [0, 0.1) is 0 Å². The summed E-state index contributed by atoms with van der Waals surface area (Å²) in [6, 6.07) is 14.9. The van der Waals surface area contributed by atoms with E-state index in [1.165, 1.54) is 0 Å². The second-order valence-electron chi connectivity index (χ2n) is 6.70. The fourth-order valence-corrected chi connectivity index (χ4v) is 3.89. The summed E-state index contributed by atoms with van der Waals surface area (Å²) in [5.41, 5.74) is 2.56. The van der Waals surface area contributed by atoms with Crippen molar-refractivity contribution in [1.29, 1.82) is 0 Å². The summed E-state index contributed by atoms with van der Waals surface area (Å²) >= 11 is 24.1. The van der Waals surface area contributed by atoms with Crippen LogP contribution in [0.2, 0.25) is 15.1 Å². The number of thiocarbonyl (C=S) groups is 1. The number of nitrogens with one attached hydrogen (secondary N) is 2. The Hall–Kier alpha value is -2.58. The Morgan fingerprint density at radius 2 is 1.61 bits per heavy atom. The molecule has 0 saturated heterocycles. The van der Waals surface area contributed by atoms with E-state index in [0.29, 0.717) is 39.1 Å². The maximum atomic E-state index is 6.24. The van der Waals surface area contributed by atoms with Gasteiger partial charge >= 0.3 is 0 Å². The molecule has 2 heterocycles. The maximum absolute atomic E-state index is 6.24. The molecule has 0 unspecified atom stereocenters. The largest absolute Gasteiger partial charge is 0.330 e. The Morgan fingerprint density at radius 3 is 2.39 bits per heavy atom. The molecule has 0 spiro atoms. The second kappa shape index (κ2) is 9.70. The highest BCUT2D eigenvalue weighted by Crippen LogP contribution is 2.25. The van der Waals surface area contributed by atoms with Gasteiger partial charge in [-0.1, -0.05) is 59.1 Å². The average Bonchev–Trinajstić information content (AvgIpc) is 3.36. The lowest BCUT2D eigenvalue weighted by molar-refractivity contribution is 0.687. The number of aromatic nitrogens is 4. The summed E-state index contributed by atoms with van der Waals surface area (Å²) in [6.45, 7) is 1.02. The van der Waals surface area contributed by atoms with Crippen molar-refractivity contribution in [3.05, 3.63) is 93.3 Å². The van der Waals surface area contributed by atoms with Crippen LogP contribution in [0.1, 0.15) is 11.1 Å². The van der Waals surface area contributed by atoms with Crippen LogP contribution in [-0.4, -0.2) is 24.7 Å². The number of hydrogen-bond donors (Lipinski definition) is 2. The van der Waals surface area contributed by atoms with Crippen LogP contribution in [0.4, 0.5) is 11.5 Å². The first-order chi connectivity index (χ1) is 15.0. The number of hydrogen-bond acceptors (Lipinski definition) is 3. The van der Waals surface area contributed by atoms with E-state index in [1.54, 1.807) is 27.7 Å². The molecule has 4 aromatic rings. The van der Waals surface area contributed by atoms with Crippen LogP contribution in [0.15, 0.2) is 67.1 Å². The molecule has 2 aromatic heterocycles. The van der Waals surface area contributed by atoms with Gasteiger partial charge in [0, 0.05) is 39.1 Å². The van der Waals surface area contributed by atoms with Crippen LogP contribution >= 0.6 is 47.0 Å². The molecule has 2 N–H and O–H groups in total. The van der Waals surface area contributed by atoms with Gasteiger partial charge in [0.1, 0.15) is 0 Å². The lowest BCUT2D eigenvalue weighted by atomic mass is 10.2. The van der Waals surface area contributed by atoms with Crippen molar-refractivity contribution in [2.75, 3.05) is 10.6 Å². The van der Waals surface area contributed by atoms with E-state index in [4.69, 9.17) is 47.0 Å². The number of benzene rings is 2. The average molecular weight is 492 g/mol. The molecule has 6 nitrogen and oxygen atoms in total. The molecule has 0 bridgehead atoms. The van der Waals surface area contributed by atoms with E-state index in [-0.39, 0.29) is 0 Å². The Bertz CT molecular complexity index is 1200. The fourth-order valence-electron chi connectivity index (χ4n) is 2.96. The molecule has 0 radical (unpaired) electrons. The summed E-state index contributed by atoms with van der Waals surface area (Å²) in [4.78, 5) is 0. The SMILES string of the molecule is S=C(Nc1cnn(Cc2ccccc2Cl)c1)Nc1ccn(Cc2c(Cl)cccc2Cl)n1. The zero-order valence-electron chi connectivity index (χ0n) is 16.1. The number of rotatable bonds is 6. The normalized spacial score (nSPS) is 10.8. The molecule has 0 atom stereocenters. The molecular formula is C21H17Cl3N6S. The molecular weight excluding hydrogens is 475 g/mol. The Labute approximate surface area is 199 Å². The van der Waals surface area contributed by atoms with Crippen LogP contribution < -0.4 is 10.6 Å². The van der Waals surface area contributed by atoms with Crippen molar-refractivity contribution in [2.24, 2.45) is 0 Å². The van der Waals surface area contributed by atoms with Gasteiger partial charge in [-0.25, -0.2) is 0 Å². The molecule has 2 aromatic carbocycles. The van der Waals surface area contributed by atoms with Crippen molar-refractivity contribution in [2.45, 2.75) is 13.1 Å². The minimum Gasteiger partial charge on any atom is -0.330 e. The van der Waals surface area contributed by atoms with Crippen LogP contribution in [0.25, 0.3) is 0 Å². The van der Waals surface area contributed by atoms with Crippen molar-refractivity contribution < 1.29 is 0 Å². The van der Waals surface area contributed by atoms with Crippen LogP contribution in [-0.2, 0) is 13.1 Å². The lowest BCUT2D eigenvalue weighted by Crippen LogP contribution is -2.19. The molecule has 31 heavy (non-hydrogen) atoms. The Kier molecular flexibility index (Phi) is 6.77. The van der Waals surface area contributed by atoms with Crippen molar-refractivity contribution in [3.63, 3.8) is 0 Å². The standard InChI is InChI=1S/C21H17Cl3N6S/c22-17-5-2-1-4-14(17)11-30-12-15(10-25-30)26-21(31)27-20-8-9-29(28-20)13-16-18(23)6-3-7-19(16)24/h1-10,12H,11,13H2,(H2,26,27,28,31). The van der Waals surface area contributed by atoms with E-state index >= 15 is 0 Å². The predicted octanol–water partition coefficient (Wildman–Crippen LogP) is 5.95. The highest BCUT2D eigenvalue weighted by atomic mass is 35.5. The summed E-state index contributed by atoms with van der Waals surface area (Å²) in [6.07, 6.45) is 5.38. The third kappa shape index (κ3) is 5.57. The summed E-state index contributed by atoms with van der Waals surface area (Å²) < 4.78 is 3.52. The van der Waals surface area contributed by atoms with E-state index < -0.39 is 0 Å². The van der Waals surface area contributed by atoms with E-state index in [9.17, 15) is 0 Å². The summed E-state index contributed by atoms with van der Waals surface area (Å²) in [7, 11) is 0. The van der Waals surface area contributed by atoms with Crippen molar-refractivity contribution in [3.8, 4) is 0 Å². The molecule has 0 fully saturated rings. The van der Waals surface area contributed by atoms with E-state index in [2.05, 4.69) is 20.8 Å². The number of halogens is 3. The summed E-state index contributed by atoms with van der Waals surface area (Å²) in [5, 5.41) is 17.3. The molecule has 0 aliphatic heterocycles. The van der Waals surface area contributed by atoms with Crippen molar-refractivity contribution >= 4 is 63.6 Å². The fraction of sp³-hybridized carbons (Fsp3) is 0.0952. The monoisotopic (exact) mass is 490 g/mol. The van der Waals surface area contributed by atoms with Gasteiger partial charge in [0.25, 0.3) is 0 Å². The molecule has 4 rings (SSSR count). The quantitative estimate of drug-likeness (QED) is 0.327. The number of nitrogens with zero attached hydrogens (tertiary/aromatic N) is 4. The first-order valence-electron chi connectivity index (χ1n) is 9.28. The number of anilines is 2. The zero-order valence-corrected chi connectivity index (χ0v) is 19.2. The Morgan fingerprint density at radius 1 is 0.871 bits per heavy atom. The minimum absolute atomic E-state index is 0.401. The lowest BCUT2D eigenvalue weighted by Gasteiger charge is -2.08. The Balaban J connectivity index is 1.35. The van der Waals surface area contributed by atoms with Crippen molar-refractivity contribution in [1.82, 2.24) is 19.6 Å². The maximum Gasteiger partial charge on any atom is 0.176 e. The van der Waals surface area contributed by atoms with Gasteiger partial charge in [0.15, 0.2) is 10.9 Å². The van der Waals surface area contributed by atoms with Gasteiger partial charge in [-0.3, -0.25) is 9.36 Å². The molecule has 0 saturated carbocycles. The van der Waals surface area contributed by atoms with Gasteiger partial charge in [0.2, 0.25) is 0 Å². The highest BCUT2D eigenvalue weighted by Gasteiger charge is 2.09. The van der Waals surface area contributed by atoms with Crippen LogP contribution in [0.3, 0.4) is 0 Å². The molecule has 0 amide bonds. The summed E-state index contributed by atoms with van der Waals surface area (Å²) in [5.74, 6) is 0.601. The topological polar surface area (TPSA) is 59.7 Å².